The van der Waals surface area contributed by atoms with Crippen LogP contribution in [0.2, 0.25) is 5.02 Å². The van der Waals surface area contributed by atoms with Crippen LogP contribution in [0.4, 0.5) is 0 Å². The van der Waals surface area contributed by atoms with Gasteiger partial charge in [0.2, 0.25) is 5.91 Å². The molecule has 1 saturated carbocycles. The monoisotopic (exact) mass is 323 g/mol. The number of carboxylic acids is 1. The highest BCUT2D eigenvalue weighted by molar-refractivity contribution is 6.30. The van der Waals surface area contributed by atoms with Gasteiger partial charge in [0, 0.05) is 24.0 Å². The molecule has 0 bridgehead atoms. The Balaban J connectivity index is 1.59. The van der Waals surface area contributed by atoms with Gasteiger partial charge >= 0.3 is 5.97 Å². The zero-order valence-corrected chi connectivity index (χ0v) is 12.8. The number of rotatable bonds is 4. The van der Waals surface area contributed by atoms with Crippen LogP contribution in [-0.4, -0.2) is 47.7 Å². The highest BCUT2D eigenvalue weighted by Gasteiger charge is 2.46. The zero-order chi connectivity index (χ0) is 15.7. The van der Waals surface area contributed by atoms with Crippen LogP contribution < -0.4 is 0 Å². The Labute approximate surface area is 133 Å². The Morgan fingerprint density at radius 3 is 2.95 bits per heavy atom. The van der Waals surface area contributed by atoms with Crippen LogP contribution in [0.3, 0.4) is 0 Å². The van der Waals surface area contributed by atoms with Crippen molar-refractivity contribution in [1.82, 2.24) is 4.90 Å². The van der Waals surface area contributed by atoms with Gasteiger partial charge in [0.05, 0.1) is 19.1 Å². The van der Waals surface area contributed by atoms with Crippen LogP contribution in [0.1, 0.15) is 24.3 Å². The number of ether oxygens (including phenoxy) is 1. The summed E-state index contributed by atoms with van der Waals surface area (Å²) in [5.41, 5.74) is 1.10. The molecule has 3 rings (SSSR count). The van der Waals surface area contributed by atoms with Crippen LogP contribution in [-0.2, 0) is 14.3 Å². The number of aliphatic carboxylic acids is 1. The van der Waals surface area contributed by atoms with Crippen molar-refractivity contribution < 1.29 is 19.4 Å². The van der Waals surface area contributed by atoms with E-state index in [1.165, 1.54) is 0 Å². The van der Waals surface area contributed by atoms with Crippen LogP contribution >= 0.6 is 11.6 Å². The number of nitrogens with zero attached hydrogens (tertiary/aromatic N) is 1. The SMILES string of the molecule is O=C(O)C[C@@H]1CN(C(=O)[C@@H]2C[C@H]2c2cccc(Cl)c2)CCO1. The first kappa shape index (κ1) is 15.3. The van der Waals surface area contributed by atoms with Gasteiger partial charge in [-0.2, -0.15) is 0 Å². The van der Waals surface area contributed by atoms with E-state index >= 15 is 0 Å². The van der Waals surface area contributed by atoms with Crippen LogP contribution in [0.25, 0.3) is 0 Å². The second-order valence-corrected chi connectivity index (χ2v) is 6.32. The van der Waals surface area contributed by atoms with E-state index in [4.69, 9.17) is 21.4 Å². The molecule has 1 aromatic rings. The molecule has 6 heteroatoms. The van der Waals surface area contributed by atoms with Crippen molar-refractivity contribution in [3.63, 3.8) is 0 Å². The number of hydrogen-bond acceptors (Lipinski definition) is 3. The largest absolute Gasteiger partial charge is 0.481 e. The van der Waals surface area contributed by atoms with Gasteiger partial charge < -0.3 is 14.7 Å². The van der Waals surface area contributed by atoms with Gasteiger partial charge in [-0.3, -0.25) is 9.59 Å². The molecule has 0 radical (unpaired) electrons. The van der Waals surface area contributed by atoms with Gasteiger partial charge in [0.1, 0.15) is 0 Å². The second-order valence-electron chi connectivity index (χ2n) is 5.88. The van der Waals surface area contributed by atoms with E-state index < -0.39 is 12.1 Å². The van der Waals surface area contributed by atoms with Crippen molar-refractivity contribution in [1.29, 1.82) is 0 Å². The predicted molar refractivity (Wildman–Crippen MR) is 80.9 cm³/mol. The summed E-state index contributed by atoms with van der Waals surface area (Å²) in [6.45, 7) is 1.30. The first-order valence-electron chi connectivity index (χ1n) is 7.42. The van der Waals surface area contributed by atoms with Crippen molar-refractivity contribution in [2.24, 2.45) is 5.92 Å². The molecule has 5 nitrogen and oxygen atoms in total. The normalized spacial score (nSPS) is 27.5. The third-order valence-corrected chi connectivity index (χ3v) is 4.47. The number of carbonyl (C=O) groups is 2. The zero-order valence-electron chi connectivity index (χ0n) is 12.1. The smallest absolute Gasteiger partial charge is 0.306 e. The molecule has 1 N–H and O–H groups in total. The van der Waals surface area contributed by atoms with Crippen molar-refractivity contribution in [2.45, 2.75) is 24.9 Å². The molecule has 2 fully saturated rings. The van der Waals surface area contributed by atoms with E-state index in [0.717, 1.165) is 12.0 Å². The number of carbonyl (C=O) groups excluding carboxylic acids is 1. The maximum Gasteiger partial charge on any atom is 0.306 e. The fourth-order valence-electron chi connectivity index (χ4n) is 3.05. The van der Waals surface area contributed by atoms with Crippen molar-refractivity contribution in [2.75, 3.05) is 19.7 Å². The van der Waals surface area contributed by atoms with Gasteiger partial charge in [-0.05, 0) is 30.0 Å². The molecule has 1 saturated heterocycles. The molecule has 0 spiro atoms. The molecule has 0 unspecified atom stereocenters. The molecule has 22 heavy (non-hydrogen) atoms. The summed E-state index contributed by atoms with van der Waals surface area (Å²) in [6, 6.07) is 7.63. The van der Waals surface area contributed by atoms with Crippen LogP contribution in [0, 0.1) is 5.92 Å². The van der Waals surface area contributed by atoms with Crippen LogP contribution in [0.15, 0.2) is 24.3 Å². The lowest BCUT2D eigenvalue weighted by Gasteiger charge is -2.32. The Hall–Kier alpha value is -1.59. The number of hydrogen-bond donors (Lipinski definition) is 1. The van der Waals surface area contributed by atoms with Crippen molar-refractivity contribution in [3.05, 3.63) is 34.9 Å². The Morgan fingerprint density at radius 2 is 2.23 bits per heavy atom. The minimum atomic E-state index is -0.900. The summed E-state index contributed by atoms with van der Waals surface area (Å²) in [6.07, 6.45) is 0.366. The summed E-state index contributed by atoms with van der Waals surface area (Å²) in [5, 5.41) is 9.52. The Morgan fingerprint density at radius 1 is 1.41 bits per heavy atom. The van der Waals surface area contributed by atoms with Gasteiger partial charge in [-0.25, -0.2) is 0 Å². The lowest BCUT2D eigenvalue weighted by molar-refractivity contribution is -0.148. The molecule has 1 aromatic carbocycles. The summed E-state index contributed by atoms with van der Waals surface area (Å²) in [4.78, 5) is 25.1. The molecule has 118 valence electrons. The van der Waals surface area contributed by atoms with E-state index in [0.29, 0.717) is 24.7 Å². The Kier molecular flexibility index (Phi) is 4.36. The molecule has 1 amide bonds. The third kappa shape index (κ3) is 3.42. The average molecular weight is 324 g/mol. The molecule has 1 aliphatic carbocycles. The number of amides is 1. The van der Waals surface area contributed by atoms with Crippen molar-refractivity contribution >= 4 is 23.5 Å². The molecule has 1 heterocycles. The fraction of sp³-hybridized carbons (Fsp3) is 0.500. The van der Waals surface area contributed by atoms with Gasteiger partial charge in [0.15, 0.2) is 0 Å². The number of benzene rings is 1. The molecule has 3 atom stereocenters. The lowest BCUT2D eigenvalue weighted by atomic mass is 10.1. The highest BCUT2D eigenvalue weighted by Crippen LogP contribution is 2.49. The van der Waals surface area contributed by atoms with Crippen molar-refractivity contribution in [3.8, 4) is 0 Å². The summed E-state index contributed by atoms with van der Waals surface area (Å²) in [7, 11) is 0. The quantitative estimate of drug-likeness (QED) is 0.922. The summed E-state index contributed by atoms with van der Waals surface area (Å²) >= 11 is 5.99. The second kappa shape index (κ2) is 6.26. The summed E-state index contributed by atoms with van der Waals surface area (Å²) in [5.74, 6) is -0.583. The van der Waals surface area contributed by atoms with E-state index in [-0.39, 0.29) is 24.2 Å². The molecular weight excluding hydrogens is 306 g/mol. The van der Waals surface area contributed by atoms with Gasteiger partial charge in [0.25, 0.3) is 0 Å². The topological polar surface area (TPSA) is 66.8 Å². The molecular formula is C16H18ClNO4. The molecule has 2 aliphatic rings. The van der Waals surface area contributed by atoms with E-state index in [2.05, 4.69) is 0 Å². The maximum atomic E-state index is 12.6. The lowest BCUT2D eigenvalue weighted by Crippen LogP contribution is -2.47. The average Bonchev–Trinajstić information content (AvgIpc) is 3.26. The summed E-state index contributed by atoms with van der Waals surface area (Å²) < 4.78 is 5.40. The molecule has 1 aliphatic heterocycles. The van der Waals surface area contributed by atoms with E-state index in [1.54, 1.807) is 4.90 Å². The Bertz CT molecular complexity index is 591. The van der Waals surface area contributed by atoms with E-state index in [1.807, 2.05) is 24.3 Å². The minimum Gasteiger partial charge on any atom is -0.481 e. The first-order valence-corrected chi connectivity index (χ1v) is 7.80. The first-order chi connectivity index (χ1) is 10.5. The standard InChI is InChI=1S/C16H18ClNO4/c17-11-3-1-2-10(6-11)13-8-14(13)16(21)18-4-5-22-12(9-18)7-15(19)20/h1-3,6,12-14H,4-5,7-9H2,(H,19,20)/t12-,13+,14-/m1/s1. The van der Waals surface area contributed by atoms with E-state index in [9.17, 15) is 9.59 Å². The predicted octanol–water partition coefficient (Wildman–Crippen LogP) is 2.15. The third-order valence-electron chi connectivity index (χ3n) is 4.24. The highest BCUT2D eigenvalue weighted by atomic mass is 35.5. The molecule has 0 aromatic heterocycles. The number of carboxylic acid groups (broad SMARTS) is 1. The minimum absolute atomic E-state index is 0.0120. The number of halogens is 1. The van der Waals surface area contributed by atoms with Gasteiger partial charge in [-0.1, -0.05) is 23.7 Å². The fourth-order valence-corrected chi connectivity index (χ4v) is 3.24. The van der Waals surface area contributed by atoms with Crippen LogP contribution in [0.5, 0.6) is 0 Å². The number of morpholine rings is 1. The van der Waals surface area contributed by atoms with Gasteiger partial charge in [-0.15, -0.1) is 0 Å². The maximum absolute atomic E-state index is 12.6.